The minimum atomic E-state index is -3.74. The highest BCUT2D eigenvalue weighted by molar-refractivity contribution is 7.92. The van der Waals surface area contributed by atoms with Crippen LogP contribution in [0.1, 0.15) is 38.2 Å². The van der Waals surface area contributed by atoms with E-state index in [1.165, 1.54) is 28.6 Å². The number of amides is 1. The monoisotopic (exact) mass is 485 g/mol. The van der Waals surface area contributed by atoms with Crippen LogP contribution in [0.25, 0.3) is 0 Å². The van der Waals surface area contributed by atoms with Crippen LogP contribution in [0.15, 0.2) is 58.4 Å². The second-order valence-electron chi connectivity index (χ2n) is 7.48. The number of thiazole rings is 1. The van der Waals surface area contributed by atoms with Gasteiger partial charge in [-0.2, -0.15) is 4.99 Å². The minimum Gasteiger partial charge on any atom is -0.462 e. The van der Waals surface area contributed by atoms with Crippen LogP contribution in [-0.2, 0) is 28.2 Å². The number of nitrogens with zero attached hydrogens (tertiary/aromatic N) is 3. The first-order chi connectivity index (χ1) is 15.7. The number of aromatic nitrogens is 1. The first-order valence-corrected chi connectivity index (χ1v) is 12.6. The lowest BCUT2D eigenvalue weighted by Gasteiger charge is -2.19. The topological polar surface area (TPSA) is 98.0 Å². The zero-order valence-electron chi connectivity index (χ0n) is 18.4. The first-order valence-electron chi connectivity index (χ1n) is 10.4. The molecule has 1 amide bonds. The van der Waals surface area contributed by atoms with Crippen molar-refractivity contribution >= 4 is 38.9 Å². The summed E-state index contributed by atoms with van der Waals surface area (Å²) in [7, 11) is -2.03. The molecule has 0 bridgehead atoms. The molecule has 0 N–H and O–H groups in total. The maximum absolute atomic E-state index is 13.1. The summed E-state index contributed by atoms with van der Waals surface area (Å²) in [4.78, 5) is 29.8. The number of benzene rings is 2. The van der Waals surface area contributed by atoms with Crippen molar-refractivity contribution in [1.29, 1.82) is 0 Å². The molecule has 172 valence electrons. The van der Waals surface area contributed by atoms with Crippen LogP contribution in [0.2, 0.25) is 0 Å². The van der Waals surface area contributed by atoms with E-state index in [0.29, 0.717) is 34.0 Å². The molecule has 2 heterocycles. The Bertz CT molecular complexity index is 1400. The third kappa shape index (κ3) is 4.23. The van der Waals surface area contributed by atoms with Gasteiger partial charge in [-0.3, -0.25) is 9.10 Å². The van der Waals surface area contributed by atoms with Gasteiger partial charge in [-0.1, -0.05) is 29.5 Å². The molecule has 0 saturated heterocycles. The quantitative estimate of drug-likeness (QED) is 0.518. The summed E-state index contributed by atoms with van der Waals surface area (Å²) >= 11 is 1.07. The van der Waals surface area contributed by atoms with Crippen molar-refractivity contribution in [2.75, 3.05) is 17.5 Å². The number of sulfonamides is 1. The Kier molecular flexibility index (Phi) is 6.22. The molecule has 1 aliphatic rings. The number of hydrogen-bond acceptors (Lipinski definition) is 6. The zero-order valence-corrected chi connectivity index (χ0v) is 20.1. The Hall–Kier alpha value is -3.24. The highest BCUT2D eigenvalue weighted by Gasteiger charge is 2.30. The van der Waals surface area contributed by atoms with E-state index in [4.69, 9.17) is 4.74 Å². The second kappa shape index (κ2) is 8.95. The van der Waals surface area contributed by atoms with Gasteiger partial charge in [0.05, 0.1) is 17.2 Å². The summed E-state index contributed by atoms with van der Waals surface area (Å²) in [5.74, 6) is -0.986. The van der Waals surface area contributed by atoms with Crippen LogP contribution in [-0.4, -0.2) is 38.0 Å². The maximum atomic E-state index is 13.1. The summed E-state index contributed by atoms with van der Waals surface area (Å²) in [5.41, 5.74) is 2.58. The normalized spacial score (nSPS) is 13.8. The molecule has 0 fully saturated rings. The van der Waals surface area contributed by atoms with Gasteiger partial charge in [0.15, 0.2) is 4.80 Å². The number of esters is 1. The van der Waals surface area contributed by atoms with Crippen molar-refractivity contribution in [2.45, 2.75) is 25.2 Å². The van der Waals surface area contributed by atoms with Crippen molar-refractivity contribution in [3.05, 3.63) is 75.0 Å². The predicted molar refractivity (Wildman–Crippen MR) is 125 cm³/mol. The molecular weight excluding hydrogens is 462 g/mol. The number of fused-ring (bicyclic) bond motifs is 1. The van der Waals surface area contributed by atoms with E-state index in [9.17, 15) is 18.0 Å². The Morgan fingerprint density at radius 1 is 1.12 bits per heavy atom. The van der Waals surface area contributed by atoms with Crippen molar-refractivity contribution in [3.63, 3.8) is 0 Å². The van der Waals surface area contributed by atoms with E-state index >= 15 is 0 Å². The molecule has 3 aromatic rings. The molecule has 0 saturated carbocycles. The molecule has 1 aliphatic heterocycles. The van der Waals surface area contributed by atoms with E-state index in [-0.39, 0.29) is 17.1 Å². The number of hydrogen-bond donors (Lipinski definition) is 0. The van der Waals surface area contributed by atoms with Crippen LogP contribution < -0.4 is 9.11 Å². The van der Waals surface area contributed by atoms with Crippen LogP contribution >= 0.6 is 11.3 Å². The molecule has 0 spiro atoms. The molecule has 0 atom stereocenters. The molecule has 1 aromatic heterocycles. The molecule has 10 heteroatoms. The van der Waals surface area contributed by atoms with Crippen LogP contribution in [0.3, 0.4) is 0 Å². The smallest absolute Gasteiger partial charge is 0.350 e. The van der Waals surface area contributed by atoms with Gasteiger partial charge in [-0.05, 0) is 56.2 Å². The van der Waals surface area contributed by atoms with Crippen molar-refractivity contribution < 1.29 is 22.7 Å². The van der Waals surface area contributed by atoms with Gasteiger partial charge >= 0.3 is 5.97 Å². The predicted octanol–water partition coefficient (Wildman–Crippen LogP) is 3.06. The molecule has 33 heavy (non-hydrogen) atoms. The Labute approximate surface area is 195 Å². The van der Waals surface area contributed by atoms with Gasteiger partial charge in [0, 0.05) is 24.8 Å². The average Bonchev–Trinajstić information content (AvgIpc) is 3.37. The number of para-hydroxylation sites is 1. The largest absolute Gasteiger partial charge is 0.462 e. The Morgan fingerprint density at radius 3 is 2.52 bits per heavy atom. The fraction of sp³-hybridized carbons (Fsp3) is 0.261. The van der Waals surface area contributed by atoms with Gasteiger partial charge < -0.3 is 9.30 Å². The van der Waals surface area contributed by atoms with Crippen LogP contribution in [0.5, 0.6) is 0 Å². The molecule has 0 unspecified atom stereocenters. The van der Waals surface area contributed by atoms with Crippen molar-refractivity contribution in [3.8, 4) is 0 Å². The number of rotatable bonds is 5. The standard InChI is InChI=1S/C23H23N3O5S2/c1-4-31-22(28)20-15(2)25(3)23(32-20)24-21(27)17-9-11-18(12-10-17)33(29,30)26-14-13-16-7-5-6-8-19(16)26/h5-12H,4,13-14H2,1-3H3. The van der Waals surface area contributed by atoms with Crippen LogP contribution in [0.4, 0.5) is 5.69 Å². The van der Waals surface area contributed by atoms with E-state index in [1.54, 1.807) is 31.5 Å². The number of carbonyl (C=O) groups excluding carboxylic acids is 2. The fourth-order valence-corrected chi connectivity index (χ4v) is 6.13. The summed E-state index contributed by atoms with van der Waals surface area (Å²) < 4.78 is 34.4. The molecule has 0 aliphatic carbocycles. The number of anilines is 1. The first kappa shape index (κ1) is 22.9. The highest BCUT2D eigenvalue weighted by atomic mass is 32.2. The van der Waals surface area contributed by atoms with Crippen molar-refractivity contribution in [2.24, 2.45) is 12.0 Å². The zero-order chi connectivity index (χ0) is 23.8. The molecule has 0 radical (unpaired) electrons. The van der Waals surface area contributed by atoms with Crippen LogP contribution in [0, 0.1) is 6.92 Å². The summed E-state index contributed by atoms with van der Waals surface area (Å²) in [5, 5.41) is 0. The lowest BCUT2D eigenvalue weighted by atomic mass is 10.2. The molecule has 8 nitrogen and oxygen atoms in total. The second-order valence-corrected chi connectivity index (χ2v) is 10.3. The minimum absolute atomic E-state index is 0.109. The maximum Gasteiger partial charge on any atom is 0.350 e. The van der Waals surface area contributed by atoms with Gasteiger partial charge in [0.1, 0.15) is 4.88 Å². The number of ether oxygens (including phenoxy) is 1. The third-order valence-electron chi connectivity index (χ3n) is 5.50. The van der Waals surface area contributed by atoms with Gasteiger partial charge in [0.2, 0.25) is 0 Å². The Morgan fingerprint density at radius 2 is 1.82 bits per heavy atom. The van der Waals surface area contributed by atoms with E-state index in [0.717, 1.165) is 16.9 Å². The number of carbonyl (C=O) groups is 2. The third-order valence-corrected chi connectivity index (χ3v) is 8.55. The summed E-state index contributed by atoms with van der Waals surface area (Å²) in [6, 6.07) is 13.2. The highest BCUT2D eigenvalue weighted by Crippen LogP contribution is 2.32. The lowest BCUT2D eigenvalue weighted by Crippen LogP contribution is -2.29. The average molecular weight is 486 g/mol. The molecular formula is C23H23N3O5S2. The Balaban J connectivity index is 1.60. The molecule has 4 rings (SSSR count). The van der Waals surface area contributed by atoms with Gasteiger partial charge in [-0.15, -0.1) is 0 Å². The van der Waals surface area contributed by atoms with Crippen molar-refractivity contribution in [1.82, 2.24) is 4.57 Å². The van der Waals surface area contributed by atoms with E-state index in [1.807, 2.05) is 18.2 Å². The summed E-state index contributed by atoms with van der Waals surface area (Å²) in [6.45, 7) is 4.11. The lowest BCUT2D eigenvalue weighted by molar-refractivity contribution is 0.0530. The van der Waals surface area contributed by atoms with Gasteiger partial charge in [0.25, 0.3) is 15.9 Å². The van der Waals surface area contributed by atoms with E-state index < -0.39 is 21.9 Å². The molecule has 2 aromatic carbocycles. The fourth-order valence-electron chi connectivity index (χ4n) is 3.62. The summed E-state index contributed by atoms with van der Waals surface area (Å²) in [6.07, 6.45) is 0.663. The van der Waals surface area contributed by atoms with Gasteiger partial charge in [-0.25, -0.2) is 13.2 Å². The SMILES string of the molecule is CCOC(=O)c1sc(=NC(=O)c2ccc(S(=O)(=O)N3CCc4ccccc43)cc2)n(C)c1C. The van der Waals surface area contributed by atoms with E-state index in [2.05, 4.69) is 4.99 Å².